The van der Waals surface area contributed by atoms with Gasteiger partial charge in [0.05, 0.1) is 30.8 Å². The summed E-state index contributed by atoms with van der Waals surface area (Å²) in [7, 11) is 0. The molecule has 0 bridgehead atoms. The average molecular weight is 360 g/mol. The zero-order valence-electron chi connectivity index (χ0n) is 15.0. The summed E-state index contributed by atoms with van der Waals surface area (Å²) >= 11 is 0. The molecule has 7 nitrogen and oxygen atoms in total. The summed E-state index contributed by atoms with van der Waals surface area (Å²) in [4.78, 5) is 6.77. The van der Waals surface area contributed by atoms with Crippen LogP contribution in [0.2, 0.25) is 0 Å². The highest BCUT2D eigenvalue weighted by atomic mass is 16.5. The minimum Gasteiger partial charge on any atom is -0.375 e. The van der Waals surface area contributed by atoms with Gasteiger partial charge in [-0.25, -0.2) is 9.50 Å². The lowest BCUT2D eigenvalue weighted by molar-refractivity contribution is 0.0529. The number of fused-ring (bicyclic) bond motifs is 1. The topological polar surface area (TPSA) is 71.3 Å². The lowest BCUT2D eigenvalue weighted by Gasteiger charge is -2.31. The molecule has 0 unspecified atom stereocenters. The molecule has 0 saturated carbocycles. The molecule has 0 aliphatic carbocycles. The van der Waals surface area contributed by atoms with E-state index in [1.54, 1.807) is 0 Å². The number of hydrogen-bond donors (Lipinski definition) is 1. The Bertz CT molecular complexity index is 1050. The molecule has 0 spiro atoms. The number of nitrogens with zero attached hydrogens (tertiary/aromatic N) is 5. The normalized spacial score (nSPS) is 17.5. The van der Waals surface area contributed by atoms with Gasteiger partial charge >= 0.3 is 0 Å². The van der Waals surface area contributed by atoms with Crippen molar-refractivity contribution < 1.29 is 4.74 Å². The number of anilines is 1. The summed E-state index contributed by atoms with van der Waals surface area (Å²) in [5, 5.41) is 11.7. The molecule has 0 amide bonds. The Morgan fingerprint density at radius 1 is 1.04 bits per heavy atom. The largest absolute Gasteiger partial charge is 0.375 e. The zero-order valence-corrected chi connectivity index (χ0v) is 15.0. The fourth-order valence-corrected chi connectivity index (χ4v) is 3.50. The van der Waals surface area contributed by atoms with E-state index in [-0.39, 0.29) is 6.10 Å². The molecule has 27 heavy (non-hydrogen) atoms. The van der Waals surface area contributed by atoms with Crippen molar-refractivity contribution in [2.45, 2.75) is 13.0 Å². The van der Waals surface area contributed by atoms with Crippen LogP contribution in [0, 0.1) is 0 Å². The molecular weight excluding hydrogens is 340 g/mol. The molecule has 1 atom stereocenters. The van der Waals surface area contributed by atoms with Gasteiger partial charge in [0.1, 0.15) is 5.82 Å². The van der Waals surface area contributed by atoms with Crippen LogP contribution in [0.15, 0.2) is 55.0 Å². The van der Waals surface area contributed by atoms with E-state index in [9.17, 15) is 0 Å². The third-order valence-corrected chi connectivity index (χ3v) is 4.93. The molecule has 1 aliphatic heterocycles. The first-order chi connectivity index (χ1) is 13.3. The van der Waals surface area contributed by atoms with E-state index in [1.165, 1.54) is 0 Å². The smallest absolute Gasteiger partial charge is 0.154 e. The first-order valence-corrected chi connectivity index (χ1v) is 9.09. The molecule has 1 aromatic carbocycles. The van der Waals surface area contributed by atoms with E-state index in [0.29, 0.717) is 0 Å². The van der Waals surface area contributed by atoms with Crippen LogP contribution in [0.3, 0.4) is 0 Å². The Kier molecular flexibility index (Phi) is 3.86. The lowest BCUT2D eigenvalue weighted by atomic mass is 10.1. The van der Waals surface area contributed by atoms with Crippen LogP contribution in [-0.4, -0.2) is 50.6 Å². The van der Waals surface area contributed by atoms with Gasteiger partial charge in [0.15, 0.2) is 5.65 Å². The van der Waals surface area contributed by atoms with Crippen molar-refractivity contribution in [3.05, 3.63) is 55.0 Å². The molecule has 7 heteroatoms. The Balaban J connectivity index is 1.50. The van der Waals surface area contributed by atoms with Crippen molar-refractivity contribution in [1.82, 2.24) is 24.8 Å². The number of morpholine rings is 1. The standard InChI is InChI=1S/C20H20N6O/c1-14-13-25(8-9-27-14)20-7-6-19-21-12-18(26(19)24-20)16-4-2-15(3-5-16)17-10-22-23-11-17/h2-7,10-12,14H,8-9,13H2,1H3,(H,22,23)/t14-/m1/s1. The average Bonchev–Trinajstić information content (AvgIpc) is 3.38. The van der Waals surface area contributed by atoms with Crippen LogP contribution in [0.5, 0.6) is 0 Å². The van der Waals surface area contributed by atoms with Gasteiger partial charge in [-0.2, -0.15) is 5.10 Å². The molecule has 5 rings (SSSR count). The second-order valence-electron chi connectivity index (χ2n) is 6.80. The fraction of sp³-hybridized carbons (Fsp3) is 0.250. The summed E-state index contributed by atoms with van der Waals surface area (Å²) in [5.41, 5.74) is 5.09. The van der Waals surface area contributed by atoms with Gasteiger partial charge in [-0.15, -0.1) is 5.10 Å². The van der Waals surface area contributed by atoms with Crippen molar-refractivity contribution in [3.63, 3.8) is 0 Å². The quantitative estimate of drug-likeness (QED) is 0.608. The van der Waals surface area contributed by atoms with E-state index in [2.05, 4.69) is 51.3 Å². The van der Waals surface area contributed by atoms with Crippen LogP contribution < -0.4 is 4.90 Å². The molecule has 1 N–H and O–H groups in total. The lowest BCUT2D eigenvalue weighted by Crippen LogP contribution is -2.41. The van der Waals surface area contributed by atoms with Gasteiger partial charge in [0, 0.05) is 30.4 Å². The number of hydrogen-bond acceptors (Lipinski definition) is 5. The maximum Gasteiger partial charge on any atom is 0.154 e. The molecular formula is C20H20N6O. The molecule has 4 heterocycles. The Labute approximate surface area is 156 Å². The second kappa shape index (κ2) is 6.51. The summed E-state index contributed by atoms with van der Waals surface area (Å²) in [6.07, 6.45) is 5.80. The van der Waals surface area contributed by atoms with E-state index in [1.807, 2.05) is 35.2 Å². The summed E-state index contributed by atoms with van der Waals surface area (Å²) in [6.45, 7) is 4.52. The Morgan fingerprint density at radius 3 is 2.67 bits per heavy atom. The predicted octanol–water partition coefficient (Wildman–Crippen LogP) is 3.01. The van der Waals surface area contributed by atoms with Gasteiger partial charge in [0.25, 0.3) is 0 Å². The highest BCUT2D eigenvalue weighted by Crippen LogP contribution is 2.25. The van der Waals surface area contributed by atoms with Gasteiger partial charge < -0.3 is 9.64 Å². The van der Waals surface area contributed by atoms with Crippen molar-refractivity contribution in [2.24, 2.45) is 0 Å². The van der Waals surface area contributed by atoms with Crippen LogP contribution in [0.4, 0.5) is 5.82 Å². The van der Waals surface area contributed by atoms with Crippen molar-refractivity contribution in [1.29, 1.82) is 0 Å². The maximum absolute atomic E-state index is 5.64. The minimum atomic E-state index is 0.217. The molecule has 1 fully saturated rings. The van der Waals surface area contributed by atoms with Crippen molar-refractivity contribution in [3.8, 4) is 22.4 Å². The number of rotatable bonds is 3. The van der Waals surface area contributed by atoms with E-state index >= 15 is 0 Å². The highest BCUT2D eigenvalue weighted by molar-refractivity contribution is 5.69. The number of nitrogens with one attached hydrogen (secondary N) is 1. The molecule has 0 radical (unpaired) electrons. The Morgan fingerprint density at radius 2 is 1.89 bits per heavy atom. The maximum atomic E-state index is 5.64. The second-order valence-corrected chi connectivity index (χ2v) is 6.80. The molecule has 136 valence electrons. The van der Waals surface area contributed by atoms with E-state index in [0.717, 1.165) is 53.5 Å². The number of aromatic amines is 1. The van der Waals surface area contributed by atoms with Gasteiger partial charge in [-0.1, -0.05) is 24.3 Å². The van der Waals surface area contributed by atoms with Gasteiger partial charge in [-0.3, -0.25) is 5.10 Å². The fourth-order valence-electron chi connectivity index (χ4n) is 3.50. The number of H-pyrrole nitrogens is 1. The van der Waals surface area contributed by atoms with Crippen LogP contribution in [0.25, 0.3) is 28.0 Å². The predicted molar refractivity (Wildman–Crippen MR) is 104 cm³/mol. The first-order valence-electron chi connectivity index (χ1n) is 9.09. The van der Waals surface area contributed by atoms with Crippen LogP contribution >= 0.6 is 0 Å². The zero-order chi connectivity index (χ0) is 18.2. The SMILES string of the molecule is C[C@@H]1CN(c2ccc3ncc(-c4ccc(-c5cn[nH]c5)cc4)n3n2)CCO1. The summed E-state index contributed by atoms with van der Waals surface area (Å²) in [6, 6.07) is 12.4. The van der Waals surface area contributed by atoms with Gasteiger partial charge in [0.2, 0.25) is 0 Å². The first kappa shape index (κ1) is 16.0. The number of imidazole rings is 1. The molecule has 1 saturated heterocycles. The summed E-state index contributed by atoms with van der Waals surface area (Å²) in [5.74, 6) is 0.951. The number of ether oxygens (including phenoxy) is 1. The van der Waals surface area contributed by atoms with Crippen LogP contribution in [0.1, 0.15) is 6.92 Å². The van der Waals surface area contributed by atoms with Crippen molar-refractivity contribution >= 4 is 11.5 Å². The van der Waals surface area contributed by atoms with E-state index in [4.69, 9.17) is 9.84 Å². The number of aromatic nitrogens is 5. The summed E-state index contributed by atoms with van der Waals surface area (Å²) < 4.78 is 7.56. The minimum absolute atomic E-state index is 0.217. The molecule has 1 aliphatic rings. The van der Waals surface area contributed by atoms with Gasteiger partial charge in [-0.05, 0) is 24.6 Å². The highest BCUT2D eigenvalue weighted by Gasteiger charge is 2.19. The molecule has 4 aromatic rings. The van der Waals surface area contributed by atoms with E-state index < -0.39 is 0 Å². The monoisotopic (exact) mass is 360 g/mol. The van der Waals surface area contributed by atoms with Crippen LogP contribution in [-0.2, 0) is 4.74 Å². The number of benzene rings is 1. The Hall–Kier alpha value is -3.19. The molecule has 3 aromatic heterocycles. The third kappa shape index (κ3) is 2.96. The van der Waals surface area contributed by atoms with Crippen molar-refractivity contribution in [2.75, 3.05) is 24.6 Å². The third-order valence-electron chi connectivity index (χ3n) is 4.93.